The van der Waals surface area contributed by atoms with Crippen molar-refractivity contribution in [1.82, 2.24) is 9.78 Å². The Balaban J connectivity index is 2.01. The summed E-state index contributed by atoms with van der Waals surface area (Å²) >= 11 is 0. The van der Waals surface area contributed by atoms with Gasteiger partial charge in [-0.2, -0.15) is 5.10 Å². The van der Waals surface area contributed by atoms with E-state index in [9.17, 15) is 0 Å². The highest BCUT2D eigenvalue weighted by Crippen LogP contribution is 2.49. The summed E-state index contributed by atoms with van der Waals surface area (Å²) in [5.41, 5.74) is 1.86. The van der Waals surface area contributed by atoms with Crippen molar-refractivity contribution in [2.24, 2.45) is 0 Å². The molecule has 0 N–H and O–H groups in total. The van der Waals surface area contributed by atoms with Crippen LogP contribution in [0.4, 0.5) is 5.82 Å². The number of nitrogens with zero attached hydrogens (tertiary/aromatic N) is 3. The van der Waals surface area contributed by atoms with Crippen LogP contribution >= 0.6 is 0 Å². The molecule has 1 fully saturated rings. The van der Waals surface area contributed by atoms with Gasteiger partial charge in [-0.1, -0.05) is 20.8 Å². The van der Waals surface area contributed by atoms with Crippen molar-refractivity contribution in [2.45, 2.75) is 57.5 Å². The molecule has 3 heteroatoms. The van der Waals surface area contributed by atoms with E-state index in [2.05, 4.69) is 43.5 Å². The second-order valence-electron chi connectivity index (χ2n) is 6.39. The molecule has 3 rings (SSSR count). The van der Waals surface area contributed by atoms with Crippen molar-refractivity contribution in [1.29, 1.82) is 0 Å². The van der Waals surface area contributed by atoms with Crippen LogP contribution in [0.3, 0.4) is 0 Å². The molecule has 16 heavy (non-hydrogen) atoms. The first-order valence-corrected chi connectivity index (χ1v) is 6.25. The van der Waals surface area contributed by atoms with E-state index in [4.69, 9.17) is 5.10 Å². The van der Waals surface area contributed by atoms with E-state index in [1.54, 1.807) is 0 Å². The van der Waals surface area contributed by atoms with Crippen LogP contribution in [0.15, 0.2) is 6.07 Å². The van der Waals surface area contributed by atoms with Crippen molar-refractivity contribution in [2.75, 3.05) is 11.9 Å². The minimum atomic E-state index is 0.155. The van der Waals surface area contributed by atoms with E-state index >= 15 is 0 Å². The molecule has 1 aromatic rings. The molecule has 1 saturated carbocycles. The lowest BCUT2D eigenvalue weighted by Gasteiger charge is -2.34. The van der Waals surface area contributed by atoms with E-state index < -0.39 is 0 Å². The molecule has 88 valence electrons. The van der Waals surface area contributed by atoms with Crippen LogP contribution < -0.4 is 4.90 Å². The van der Waals surface area contributed by atoms with Gasteiger partial charge < -0.3 is 4.90 Å². The number of aromatic nitrogens is 2. The first-order chi connectivity index (χ1) is 7.42. The predicted molar refractivity (Wildman–Crippen MR) is 65.9 cm³/mol. The summed E-state index contributed by atoms with van der Waals surface area (Å²) < 4.78 is 2.18. The van der Waals surface area contributed by atoms with Gasteiger partial charge in [0.05, 0.1) is 5.69 Å². The summed E-state index contributed by atoms with van der Waals surface area (Å²) in [6.45, 7) is 7.78. The van der Waals surface area contributed by atoms with Gasteiger partial charge in [0.1, 0.15) is 5.82 Å². The van der Waals surface area contributed by atoms with Crippen LogP contribution in [0.1, 0.15) is 45.7 Å². The van der Waals surface area contributed by atoms with Gasteiger partial charge in [-0.05, 0) is 19.3 Å². The van der Waals surface area contributed by atoms with Crippen molar-refractivity contribution in [3.63, 3.8) is 0 Å². The third-order valence-electron chi connectivity index (χ3n) is 4.20. The van der Waals surface area contributed by atoms with Gasteiger partial charge in [-0.25, -0.2) is 4.68 Å². The van der Waals surface area contributed by atoms with E-state index in [0.717, 1.165) is 6.54 Å². The zero-order valence-corrected chi connectivity index (χ0v) is 10.7. The molecule has 0 aromatic carbocycles. The maximum atomic E-state index is 4.74. The molecule has 2 heterocycles. The van der Waals surface area contributed by atoms with Crippen molar-refractivity contribution >= 4 is 5.82 Å². The summed E-state index contributed by atoms with van der Waals surface area (Å²) in [6.07, 6.45) is 3.99. The molecule has 0 unspecified atom stereocenters. The number of aryl methyl sites for hydroxylation is 1. The van der Waals surface area contributed by atoms with Crippen molar-refractivity contribution in [3.05, 3.63) is 11.8 Å². The zero-order valence-electron chi connectivity index (χ0n) is 10.7. The van der Waals surface area contributed by atoms with E-state index in [-0.39, 0.29) is 5.41 Å². The Hall–Kier alpha value is -0.990. The second-order valence-corrected chi connectivity index (χ2v) is 6.39. The minimum Gasteiger partial charge on any atom is -0.354 e. The third kappa shape index (κ3) is 1.30. The minimum absolute atomic E-state index is 0.155. The Kier molecular flexibility index (Phi) is 1.79. The van der Waals surface area contributed by atoms with Gasteiger partial charge in [-0.3, -0.25) is 0 Å². The lowest BCUT2D eigenvalue weighted by atomic mass is 9.92. The number of hydrogen-bond acceptors (Lipinski definition) is 2. The van der Waals surface area contributed by atoms with Crippen LogP contribution in [-0.2, 0) is 12.0 Å². The standard InChI is InChI=1S/C13H21N3/c1-12(2,3)10-9-11-15(4)13(5-6-13)7-8-16(11)14-10/h9H,5-8H2,1-4H3. The SMILES string of the molecule is CN1c2cc(C(C)(C)C)nn2CCC12CC2. The molecule has 1 aromatic heterocycles. The molecule has 2 aliphatic rings. The molecule has 3 nitrogen and oxygen atoms in total. The molecular formula is C13H21N3. The molecule has 0 atom stereocenters. The van der Waals surface area contributed by atoms with E-state index in [1.165, 1.54) is 30.8 Å². The molecule has 0 saturated heterocycles. The molecule has 0 bridgehead atoms. The van der Waals surface area contributed by atoms with E-state index in [0.29, 0.717) is 5.54 Å². The van der Waals surface area contributed by atoms with Crippen LogP contribution in [0, 0.1) is 0 Å². The number of rotatable bonds is 0. The maximum absolute atomic E-state index is 4.74. The Morgan fingerprint density at radius 3 is 2.50 bits per heavy atom. The lowest BCUT2D eigenvalue weighted by Crippen LogP contribution is -2.40. The lowest BCUT2D eigenvalue weighted by molar-refractivity contribution is 0.427. The van der Waals surface area contributed by atoms with Crippen LogP contribution in [0.25, 0.3) is 0 Å². The first kappa shape index (κ1) is 10.2. The summed E-state index contributed by atoms with van der Waals surface area (Å²) in [4.78, 5) is 2.46. The smallest absolute Gasteiger partial charge is 0.127 e. The Morgan fingerprint density at radius 1 is 1.25 bits per heavy atom. The van der Waals surface area contributed by atoms with Gasteiger partial charge in [0, 0.05) is 30.6 Å². The van der Waals surface area contributed by atoms with Gasteiger partial charge in [0.15, 0.2) is 0 Å². The molecule has 0 radical (unpaired) electrons. The van der Waals surface area contributed by atoms with E-state index in [1.807, 2.05) is 0 Å². The number of fused-ring (bicyclic) bond motifs is 1. The molecule has 1 spiro atoms. The monoisotopic (exact) mass is 219 g/mol. The highest BCUT2D eigenvalue weighted by Gasteiger charge is 2.49. The fourth-order valence-electron chi connectivity index (χ4n) is 2.66. The quantitative estimate of drug-likeness (QED) is 0.668. The summed E-state index contributed by atoms with van der Waals surface area (Å²) in [5, 5.41) is 4.74. The fraction of sp³-hybridized carbons (Fsp3) is 0.769. The average Bonchev–Trinajstić information content (AvgIpc) is 2.81. The first-order valence-electron chi connectivity index (χ1n) is 6.25. The normalized spacial score (nSPS) is 22.4. The summed E-state index contributed by atoms with van der Waals surface area (Å²) in [7, 11) is 2.23. The second kappa shape index (κ2) is 2.82. The zero-order chi connectivity index (χ0) is 11.6. The van der Waals surface area contributed by atoms with Crippen LogP contribution in [-0.4, -0.2) is 22.4 Å². The van der Waals surface area contributed by atoms with Gasteiger partial charge >= 0.3 is 0 Å². The molecule has 1 aliphatic heterocycles. The number of hydrogen-bond donors (Lipinski definition) is 0. The van der Waals surface area contributed by atoms with Crippen LogP contribution in [0.5, 0.6) is 0 Å². The molecule has 0 amide bonds. The average molecular weight is 219 g/mol. The van der Waals surface area contributed by atoms with Crippen molar-refractivity contribution in [3.8, 4) is 0 Å². The maximum Gasteiger partial charge on any atom is 0.127 e. The van der Waals surface area contributed by atoms with Crippen LogP contribution in [0.2, 0.25) is 0 Å². The fourth-order valence-corrected chi connectivity index (χ4v) is 2.66. The van der Waals surface area contributed by atoms with Gasteiger partial charge in [0.25, 0.3) is 0 Å². The predicted octanol–water partition coefficient (Wildman–Crippen LogP) is 2.55. The topological polar surface area (TPSA) is 21.1 Å². The Morgan fingerprint density at radius 2 is 1.94 bits per heavy atom. The molecular weight excluding hydrogens is 198 g/mol. The van der Waals surface area contributed by atoms with Crippen molar-refractivity contribution < 1.29 is 0 Å². The summed E-state index contributed by atoms with van der Waals surface area (Å²) in [6, 6.07) is 2.28. The third-order valence-corrected chi connectivity index (χ3v) is 4.20. The Labute approximate surface area is 97.4 Å². The highest BCUT2D eigenvalue weighted by atomic mass is 15.4. The van der Waals surface area contributed by atoms with Gasteiger partial charge in [0.2, 0.25) is 0 Å². The molecule has 1 aliphatic carbocycles. The summed E-state index contributed by atoms with van der Waals surface area (Å²) in [5.74, 6) is 1.31. The largest absolute Gasteiger partial charge is 0.354 e. The number of anilines is 1. The van der Waals surface area contributed by atoms with Gasteiger partial charge in [-0.15, -0.1) is 0 Å². The highest BCUT2D eigenvalue weighted by molar-refractivity contribution is 5.48. The Bertz CT molecular complexity index is 421.